The van der Waals surface area contributed by atoms with Gasteiger partial charge in [0.05, 0.1) is 20.6 Å². The summed E-state index contributed by atoms with van der Waals surface area (Å²) >= 11 is 0. The molecule has 0 unspecified atom stereocenters. The molecule has 0 radical (unpaired) electrons. The molecule has 0 bridgehead atoms. The molecule has 0 aliphatic carbocycles. The summed E-state index contributed by atoms with van der Waals surface area (Å²) in [6, 6.07) is 8.26. The number of rotatable bonds is 8. The summed E-state index contributed by atoms with van der Waals surface area (Å²) in [5.41, 5.74) is 1.27. The average Bonchev–Trinajstić information content (AvgIpc) is 2.38. The molecule has 5 heteroatoms. The maximum absolute atomic E-state index is 5.80. The number of halogens is 2. The molecule has 0 saturated heterocycles. The number of nitrogens with zero attached hydrogens (tertiary/aromatic N) is 2. The minimum atomic E-state index is 0. The molecule has 0 aromatic heterocycles. The number of ether oxygens (including phenoxy) is 1. The first-order chi connectivity index (χ1) is 8.93. The Morgan fingerprint density at radius 3 is 2.14 bits per heavy atom. The van der Waals surface area contributed by atoms with Gasteiger partial charge < -0.3 is 62.1 Å². The van der Waals surface area contributed by atoms with Crippen LogP contribution in [-0.4, -0.2) is 63.3 Å². The third kappa shape index (κ3) is 10.7. The average molecular weight is 519 g/mol. The molecular formula is C16H29I2N2O-. The van der Waals surface area contributed by atoms with Gasteiger partial charge in [-0.2, -0.15) is 0 Å². The van der Waals surface area contributed by atoms with Crippen molar-refractivity contribution in [3.05, 3.63) is 29.8 Å². The molecule has 1 aromatic carbocycles. The molecule has 0 heterocycles. The predicted octanol–water partition coefficient (Wildman–Crippen LogP) is -3.59. The zero-order chi connectivity index (χ0) is 14.3. The molecule has 0 atom stereocenters. The highest BCUT2D eigenvalue weighted by atomic mass is 127. The van der Waals surface area contributed by atoms with E-state index in [9.17, 15) is 0 Å². The largest absolute Gasteiger partial charge is 1.00 e. The molecule has 3 nitrogen and oxygen atoms in total. The Morgan fingerprint density at radius 2 is 1.62 bits per heavy atom. The Morgan fingerprint density at radius 1 is 1.05 bits per heavy atom. The highest BCUT2D eigenvalue weighted by Crippen LogP contribution is 2.11. The number of likely N-dealkylation sites (N-methyl/N-ethyl adjacent to an activating group) is 2. The van der Waals surface area contributed by atoms with Crippen LogP contribution in [0.2, 0.25) is 0 Å². The lowest BCUT2D eigenvalue weighted by atomic mass is 10.2. The van der Waals surface area contributed by atoms with E-state index in [1.807, 2.05) is 12.1 Å². The van der Waals surface area contributed by atoms with E-state index >= 15 is 0 Å². The normalized spacial score (nSPS) is 10.8. The first-order valence-corrected chi connectivity index (χ1v) is 7.13. The van der Waals surface area contributed by atoms with Crippen molar-refractivity contribution in [3.63, 3.8) is 0 Å². The number of hydrogen-bond acceptors (Lipinski definition) is 2. The van der Waals surface area contributed by atoms with Crippen LogP contribution in [0.1, 0.15) is 12.5 Å². The van der Waals surface area contributed by atoms with E-state index < -0.39 is 0 Å². The Hall–Kier alpha value is 0.400. The van der Waals surface area contributed by atoms with Crippen molar-refractivity contribution in [1.29, 1.82) is 0 Å². The van der Waals surface area contributed by atoms with Crippen LogP contribution in [0.4, 0.5) is 0 Å². The molecule has 0 aliphatic rings. The van der Waals surface area contributed by atoms with Crippen LogP contribution in [-0.2, 0) is 0 Å². The van der Waals surface area contributed by atoms with Gasteiger partial charge in [-0.05, 0) is 32.6 Å². The molecular weight excluding hydrogens is 490 g/mol. The maximum atomic E-state index is 5.80. The van der Waals surface area contributed by atoms with E-state index in [1.54, 1.807) is 0 Å². The lowest BCUT2D eigenvalue weighted by molar-refractivity contribution is -0.889. The van der Waals surface area contributed by atoms with Crippen LogP contribution in [0.5, 0.6) is 5.75 Å². The van der Waals surface area contributed by atoms with Gasteiger partial charge in [0.15, 0.2) is 0 Å². The quantitative estimate of drug-likeness (QED) is 0.261. The minimum absolute atomic E-state index is 0. The van der Waals surface area contributed by atoms with E-state index in [-0.39, 0.29) is 48.0 Å². The van der Waals surface area contributed by atoms with Crippen molar-refractivity contribution >= 4 is 0 Å². The molecule has 1 rings (SSSR count). The van der Waals surface area contributed by atoms with Crippen molar-refractivity contribution in [2.24, 2.45) is 0 Å². The first-order valence-electron chi connectivity index (χ1n) is 7.13. The van der Waals surface area contributed by atoms with Crippen molar-refractivity contribution in [2.75, 3.05) is 53.9 Å². The summed E-state index contributed by atoms with van der Waals surface area (Å²) in [4.78, 5) is 2.35. The zero-order valence-electron chi connectivity index (χ0n) is 13.9. The maximum Gasteiger partial charge on any atom is 0.137 e. The first kappa shape index (κ1) is 23.7. The van der Waals surface area contributed by atoms with Crippen molar-refractivity contribution < 1.29 is 57.2 Å². The van der Waals surface area contributed by atoms with E-state index in [4.69, 9.17) is 4.74 Å². The lowest BCUT2D eigenvalue weighted by Gasteiger charge is -2.31. The van der Waals surface area contributed by atoms with E-state index in [1.165, 1.54) is 5.56 Å². The third-order valence-electron chi connectivity index (χ3n) is 3.61. The second kappa shape index (κ2) is 11.9. The molecule has 0 N–H and O–H groups in total. The molecule has 0 saturated carbocycles. The van der Waals surface area contributed by atoms with E-state index in [2.05, 4.69) is 52.0 Å². The Kier molecular flexibility index (Phi) is 13.4. The van der Waals surface area contributed by atoms with Crippen LogP contribution in [0.15, 0.2) is 24.3 Å². The zero-order valence-corrected chi connectivity index (χ0v) is 18.2. The monoisotopic (exact) mass is 519 g/mol. The molecule has 0 aliphatic heterocycles. The van der Waals surface area contributed by atoms with Crippen LogP contribution in [0, 0.1) is 6.92 Å². The molecule has 0 spiro atoms. The molecule has 0 amide bonds. The lowest BCUT2D eigenvalue weighted by Crippen LogP contribution is -3.00. The summed E-state index contributed by atoms with van der Waals surface area (Å²) in [6.07, 6.45) is 0. The molecule has 1 aromatic rings. The van der Waals surface area contributed by atoms with Gasteiger partial charge >= 0.3 is 0 Å². The fraction of sp³-hybridized carbons (Fsp3) is 0.625. The van der Waals surface area contributed by atoms with Gasteiger partial charge in [-0.3, -0.25) is 0 Å². The number of quaternary nitrogens is 1. The fourth-order valence-corrected chi connectivity index (χ4v) is 1.76. The highest BCUT2D eigenvalue weighted by molar-refractivity contribution is 5.26. The van der Waals surface area contributed by atoms with Gasteiger partial charge in [0, 0.05) is 6.54 Å². The van der Waals surface area contributed by atoms with Gasteiger partial charge in [0.2, 0.25) is 0 Å². The van der Waals surface area contributed by atoms with Crippen LogP contribution in [0.3, 0.4) is 0 Å². The second-order valence-corrected chi connectivity index (χ2v) is 5.94. The topological polar surface area (TPSA) is 12.5 Å². The SMILES string of the molecule is CCN(C)CC[N+](C)(C)CCOc1ccc(C)cc1.[I-].[I-]. The Balaban J connectivity index is 0. The number of benzene rings is 1. The molecule has 0 fully saturated rings. The molecule has 124 valence electrons. The van der Waals surface area contributed by atoms with Gasteiger partial charge in [-0.15, -0.1) is 0 Å². The van der Waals surface area contributed by atoms with Gasteiger partial charge in [-0.25, -0.2) is 0 Å². The summed E-state index contributed by atoms with van der Waals surface area (Å²) in [5.74, 6) is 0.969. The summed E-state index contributed by atoms with van der Waals surface area (Å²) in [7, 11) is 6.70. The number of hydrogen-bond donors (Lipinski definition) is 0. The second-order valence-electron chi connectivity index (χ2n) is 5.94. The fourth-order valence-electron chi connectivity index (χ4n) is 1.76. The van der Waals surface area contributed by atoms with Crippen LogP contribution in [0.25, 0.3) is 0 Å². The van der Waals surface area contributed by atoms with Crippen LogP contribution >= 0.6 is 0 Å². The number of aryl methyl sites for hydroxylation is 1. The van der Waals surface area contributed by atoms with E-state index in [0.29, 0.717) is 0 Å². The third-order valence-corrected chi connectivity index (χ3v) is 3.61. The smallest absolute Gasteiger partial charge is 0.137 e. The van der Waals surface area contributed by atoms with Gasteiger partial charge in [-0.1, -0.05) is 24.6 Å². The summed E-state index contributed by atoms with van der Waals surface area (Å²) in [6.45, 7) is 9.49. The Bertz CT molecular complexity index is 369. The van der Waals surface area contributed by atoms with Crippen molar-refractivity contribution in [3.8, 4) is 5.75 Å². The highest BCUT2D eigenvalue weighted by Gasteiger charge is 2.15. The van der Waals surface area contributed by atoms with E-state index in [0.717, 1.165) is 43.0 Å². The minimum Gasteiger partial charge on any atom is -1.00 e. The molecule has 21 heavy (non-hydrogen) atoms. The van der Waals surface area contributed by atoms with Crippen LogP contribution < -0.4 is 52.7 Å². The summed E-state index contributed by atoms with van der Waals surface area (Å²) < 4.78 is 6.80. The van der Waals surface area contributed by atoms with Gasteiger partial charge in [0.25, 0.3) is 0 Å². The van der Waals surface area contributed by atoms with Gasteiger partial charge in [0.1, 0.15) is 18.9 Å². The Labute approximate surface area is 164 Å². The standard InChI is InChI=1S/C16H29N2O.2HI/c1-6-17(3)11-12-18(4,5)13-14-19-16-9-7-15(2)8-10-16;;/h7-10H,6,11-14H2,1-5H3;2*1H/q+1;;/p-2. The van der Waals surface area contributed by atoms with Crippen molar-refractivity contribution in [1.82, 2.24) is 4.90 Å². The predicted molar refractivity (Wildman–Crippen MR) is 81.7 cm³/mol. The summed E-state index contributed by atoms with van der Waals surface area (Å²) in [5, 5.41) is 0. The van der Waals surface area contributed by atoms with Crippen molar-refractivity contribution in [2.45, 2.75) is 13.8 Å².